The zero-order valence-electron chi connectivity index (χ0n) is 23.0. The maximum Gasteiger partial charge on any atom is 0.356 e. The van der Waals surface area contributed by atoms with Gasteiger partial charge in [-0.15, -0.1) is 0 Å². The Morgan fingerprint density at radius 1 is 1.15 bits per heavy atom. The number of hydrogen-bond acceptors (Lipinski definition) is 6. The van der Waals surface area contributed by atoms with Gasteiger partial charge in [0.2, 0.25) is 0 Å². The van der Waals surface area contributed by atoms with E-state index in [0.717, 1.165) is 41.0 Å². The molecule has 0 saturated heterocycles. The van der Waals surface area contributed by atoms with Gasteiger partial charge in [0.15, 0.2) is 5.69 Å². The first-order chi connectivity index (χ1) is 19.6. The highest BCUT2D eigenvalue weighted by atomic mass is 35.5. The van der Waals surface area contributed by atoms with Crippen LogP contribution in [0.3, 0.4) is 0 Å². The molecule has 2 fully saturated rings. The lowest BCUT2D eigenvalue weighted by Crippen LogP contribution is -2.41. The summed E-state index contributed by atoms with van der Waals surface area (Å²) in [6.45, 7) is 6.14. The number of halogens is 2. The molecule has 2 aromatic carbocycles. The van der Waals surface area contributed by atoms with Crippen molar-refractivity contribution in [3.8, 4) is 17.0 Å². The fraction of sp³-hybridized carbons (Fsp3) is 0.387. The second kappa shape index (κ2) is 10.5. The van der Waals surface area contributed by atoms with Crippen LogP contribution in [0.15, 0.2) is 47.0 Å². The molecule has 10 heteroatoms. The van der Waals surface area contributed by atoms with Crippen molar-refractivity contribution in [3.63, 3.8) is 0 Å². The molecule has 0 radical (unpaired) electrons. The molecular weight excluding hydrogens is 565 g/mol. The summed E-state index contributed by atoms with van der Waals surface area (Å²) in [5.41, 5.74) is 3.73. The van der Waals surface area contributed by atoms with Gasteiger partial charge in [-0.25, -0.2) is 4.79 Å². The molecule has 2 aliphatic rings. The molecule has 2 aromatic heterocycles. The number of nitrogens with zero attached hydrogens (tertiary/aromatic N) is 3. The number of ether oxygens (including phenoxy) is 1. The number of carbonyl (C=O) groups is 1. The Kier molecular flexibility index (Phi) is 7.12. The number of aryl methyl sites for hydroxylation is 1. The number of aromatic carboxylic acids is 1. The average Bonchev–Trinajstić information content (AvgIpc) is 3.50. The molecule has 0 spiro atoms. The van der Waals surface area contributed by atoms with Crippen molar-refractivity contribution in [1.29, 1.82) is 0 Å². The molecule has 41 heavy (non-hydrogen) atoms. The summed E-state index contributed by atoms with van der Waals surface area (Å²) in [6.07, 6.45) is 2.93. The van der Waals surface area contributed by atoms with E-state index in [2.05, 4.69) is 10.3 Å². The molecular formula is C31H31Cl2N3O5. The van der Waals surface area contributed by atoms with Gasteiger partial charge in [-0.3, -0.25) is 4.68 Å². The van der Waals surface area contributed by atoms with E-state index in [-0.39, 0.29) is 24.3 Å². The lowest BCUT2D eigenvalue weighted by atomic mass is 9.66. The number of aliphatic hydroxyl groups is 1. The summed E-state index contributed by atoms with van der Waals surface area (Å²) in [7, 11) is 0. The topological polar surface area (TPSA) is 111 Å². The summed E-state index contributed by atoms with van der Waals surface area (Å²) in [5.74, 6) is 0.637. The lowest BCUT2D eigenvalue weighted by Gasteiger charge is -2.44. The maximum absolute atomic E-state index is 11.5. The maximum atomic E-state index is 11.5. The van der Waals surface area contributed by atoms with Crippen LogP contribution < -0.4 is 4.74 Å². The highest BCUT2D eigenvalue weighted by molar-refractivity contribution is 6.33. The number of carboxylic acid groups (broad SMARTS) is 1. The van der Waals surface area contributed by atoms with E-state index in [1.807, 2.05) is 39.0 Å². The standard InChI is InChI=1S/C31H31Cl2N3O5/c1-16(2)36-26(12-25(34-36)30(37)38)19-13-31(39,14-19)22-10-9-20(11-24(22)33)40-15-21-28(35-41-29(21)18-7-8-18)27-17(3)5-4-6-23(27)32/h4-6,9-12,16,18-19,39H,7-8,13-15H2,1-3H3,(H,37,38)/t19-,31+. The van der Waals surface area contributed by atoms with Crippen LogP contribution in [0.2, 0.25) is 10.0 Å². The lowest BCUT2D eigenvalue weighted by molar-refractivity contribution is -0.0569. The minimum atomic E-state index is -1.13. The van der Waals surface area contributed by atoms with Gasteiger partial charge < -0.3 is 19.5 Å². The van der Waals surface area contributed by atoms with Crippen LogP contribution >= 0.6 is 23.2 Å². The third kappa shape index (κ3) is 5.13. The molecule has 0 atom stereocenters. The Hall–Kier alpha value is -3.33. The van der Waals surface area contributed by atoms with Crippen LogP contribution in [-0.4, -0.2) is 31.1 Å². The third-order valence-corrected chi connectivity index (χ3v) is 8.74. The predicted molar refractivity (Wildman–Crippen MR) is 155 cm³/mol. The fourth-order valence-corrected chi connectivity index (χ4v) is 6.45. The second-order valence-corrected chi connectivity index (χ2v) is 12.3. The molecule has 8 nitrogen and oxygen atoms in total. The van der Waals surface area contributed by atoms with Gasteiger partial charge in [-0.2, -0.15) is 5.10 Å². The van der Waals surface area contributed by atoms with Crippen LogP contribution in [0.5, 0.6) is 5.75 Å². The minimum Gasteiger partial charge on any atom is -0.489 e. The number of rotatable bonds is 9. The van der Waals surface area contributed by atoms with Crippen molar-refractivity contribution in [2.45, 2.75) is 76.5 Å². The normalized spacial score (nSPS) is 20.3. The van der Waals surface area contributed by atoms with Crippen LogP contribution in [0.1, 0.15) is 96.0 Å². The number of carboxylic acids is 1. The van der Waals surface area contributed by atoms with Gasteiger partial charge in [0, 0.05) is 34.7 Å². The smallest absolute Gasteiger partial charge is 0.356 e. The van der Waals surface area contributed by atoms with Crippen molar-refractivity contribution in [1.82, 2.24) is 14.9 Å². The van der Waals surface area contributed by atoms with Crippen molar-refractivity contribution >= 4 is 29.2 Å². The zero-order valence-corrected chi connectivity index (χ0v) is 24.5. The number of hydrogen-bond donors (Lipinski definition) is 2. The molecule has 0 unspecified atom stereocenters. The number of benzene rings is 2. The summed E-state index contributed by atoms with van der Waals surface area (Å²) in [4.78, 5) is 11.5. The van der Waals surface area contributed by atoms with Gasteiger partial charge in [0.05, 0.1) is 21.2 Å². The molecule has 0 aliphatic heterocycles. The van der Waals surface area contributed by atoms with Crippen LogP contribution in [0.4, 0.5) is 0 Å². The first-order valence-corrected chi connectivity index (χ1v) is 14.5. The number of aromatic nitrogens is 3. The van der Waals surface area contributed by atoms with Gasteiger partial charge in [0.25, 0.3) is 0 Å². The molecule has 4 aromatic rings. The van der Waals surface area contributed by atoms with Crippen molar-refractivity contribution in [2.24, 2.45) is 0 Å². The molecule has 0 bridgehead atoms. The summed E-state index contributed by atoms with van der Waals surface area (Å²) >= 11 is 13.2. The van der Waals surface area contributed by atoms with Gasteiger partial charge >= 0.3 is 5.97 Å². The van der Waals surface area contributed by atoms with E-state index in [4.69, 9.17) is 32.5 Å². The van der Waals surface area contributed by atoms with Gasteiger partial charge in [-0.05, 0) is 76.3 Å². The van der Waals surface area contributed by atoms with Crippen LogP contribution in [0, 0.1) is 6.92 Å². The average molecular weight is 597 g/mol. The Morgan fingerprint density at radius 3 is 2.54 bits per heavy atom. The van der Waals surface area contributed by atoms with E-state index in [1.54, 1.807) is 28.9 Å². The molecule has 2 N–H and O–H groups in total. The van der Waals surface area contributed by atoms with E-state index in [0.29, 0.717) is 45.8 Å². The summed E-state index contributed by atoms with van der Waals surface area (Å²) in [6, 6.07) is 12.7. The first-order valence-electron chi connectivity index (χ1n) is 13.8. The van der Waals surface area contributed by atoms with E-state index < -0.39 is 11.6 Å². The molecule has 6 rings (SSSR count). The SMILES string of the molecule is Cc1cccc(Cl)c1-c1noc(C2CC2)c1COc1ccc([C@]2(O)C[C@@H](c3cc(C(=O)O)nn3C(C)C)C2)c(Cl)c1. The molecule has 2 saturated carbocycles. The van der Waals surface area contributed by atoms with E-state index >= 15 is 0 Å². The molecule has 0 amide bonds. The monoisotopic (exact) mass is 595 g/mol. The third-order valence-electron chi connectivity index (χ3n) is 8.11. The first kappa shape index (κ1) is 27.8. The van der Waals surface area contributed by atoms with E-state index in [1.165, 1.54) is 0 Å². The highest BCUT2D eigenvalue weighted by Gasteiger charge is 2.47. The van der Waals surface area contributed by atoms with Gasteiger partial charge in [-0.1, -0.05) is 46.6 Å². The molecule has 214 valence electrons. The quantitative estimate of drug-likeness (QED) is 0.204. The molecule has 2 heterocycles. The second-order valence-electron chi connectivity index (χ2n) is 11.4. The Morgan fingerprint density at radius 2 is 1.90 bits per heavy atom. The Balaban J connectivity index is 1.20. The zero-order chi connectivity index (χ0) is 29.1. The fourth-order valence-electron chi connectivity index (χ4n) is 5.79. The van der Waals surface area contributed by atoms with Gasteiger partial charge in [0.1, 0.15) is 23.8 Å². The van der Waals surface area contributed by atoms with Crippen molar-refractivity contribution < 1.29 is 24.3 Å². The highest BCUT2D eigenvalue weighted by Crippen LogP contribution is 2.53. The summed E-state index contributed by atoms with van der Waals surface area (Å²) < 4.78 is 13.7. The van der Waals surface area contributed by atoms with Crippen LogP contribution in [0.25, 0.3) is 11.3 Å². The van der Waals surface area contributed by atoms with Crippen molar-refractivity contribution in [3.05, 3.63) is 86.3 Å². The van der Waals surface area contributed by atoms with E-state index in [9.17, 15) is 15.0 Å². The molecule has 2 aliphatic carbocycles. The Bertz CT molecular complexity index is 1610. The minimum absolute atomic E-state index is 0.0000166. The summed E-state index contributed by atoms with van der Waals surface area (Å²) in [5, 5.41) is 30.5. The van der Waals surface area contributed by atoms with Crippen LogP contribution in [-0.2, 0) is 12.2 Å². The predicted octanol–water partition coefficient (Wildman–Crippen LogP) is 7.65. The Labute approximate surface area is 247 Å². The van der Waals surface area contributed by atoms with Crippen molar-refractivity contribution in [2.75, 3.05) is 0 Å². The largest absolute Gasteiger partial charge is 0.489 e.